The number of carbonyl (C=O) groups is 1. The van der Waals surface area contributed by atoms with Crippen LogP contribution in [0.5, 0.6) is 0 Å². The molecule has 1 aliphatic rings. The van der Waals surface area contributed by atoms with Gasteiger partial charge in [-0.15, -0.1) is 0 Å². The second kappa shape index (κ2) is 8.50. The van der Waals surface area contributed by atoms with E-state index in [1.807, 2.05) is 12.1 Å². The summed E-state index contributed by atoms with van der Waals surface area (Å²) in [6.45, 7) is 9.70. The zero-order valence-electron chi connectivity index (χ0n) is 16.2. The first kappa shape index (κ1) is 18.7. The van der Waals surface area contributed by atoms with Crippen molar-refractivity contribution in [3.63, 3.8) is 0 Å². The fourth-order valence-electron chi connectivity index (χ4n) is 3.82. The third-order valence-electron chi connectivity index (χ3n) is 5.34. The summed E-state index contributed by atoms with van der Waals surface area (Å²) in [4.78, 5) is 15.2. The first-order valence-corrected chi connectivity index (χ1v) is 9.76. The minimum Gasteiger partial charge on any atom is -0.345 e. The molecule has 3 rings (SSSR count). The van der Waals surface area contributed by atoms with Gasteiger partial charge in [0.25, 0.3) is 5.91 Å². The van der Waals surface area contributed by atoms with Crippen LogP contribution in [0, 0.1) is 13.8 Å². The quantitative estimate of drug-likeness (QED) is 0.813. The zero-order valence-corrected chi connectivity index (χ0v) is 16.2. The summed E-state index contributed by atoms with van der Waals surface area (Å²) in [5.74, 6) is 0.00421. The Morgan fingerprint density at radius 3 is 2.38 bits per heavy atom. The first-order valence-electron chi connectivity index (χ1n) is 9.76. The van der Waals surface area contributed by atoms with Crippen molar-refractivity contribution in [3.8, 4) is 0 Å². The molecule has 1 N–H and O–H groups in total. The number of rotatable bonds is 6. The molecule has 1 fully saturated rings. The van der Waals surface area contributed by atoms with E-state index in [0.29, 0.717) is 0 Å². The summed E-state index contributed by atoms with van der Waals surface area (Å²) in [5.41, 5.74) is 5.71. The fourth-order valence-corrected chi connectivity index (χ4v) is 3.82. The molecule has 0 saturated carbocycles. The van der Waals surface area contributed by atoms with Gasteiger partial charge in [-0.25, -0.2) is 0 Å². The van der Waals surface area contributed by atoms with E-state index in [1.165, 1.54) is 48.2 Å². The van der Waals surface area contributed by atoms with Crippen LogP contribution < -0.4 is 5.32 Å². The first-order chi connectivity index (χ1) is 12.6. The highest BCUT2D eigenvalue weighted by atomic mass is 16.1. The van der Waals surface area contributed by atoms with Gasteiger partial charge in [0.1, 0.15) is 0 Å². The van der Waals surface area contributed by atoms with Crippen molar-refractivity contribution in [1.82, 2.24) is 10.2 Å². The molecule has 2 aromatic rings. The molecule has 2 aromatic carbocycles. The number of benzene rings is 2. The van der Waals surface area contributed by atoms with Crippen molar-refractivity contribution >= 4 is 5.91 Å². The Bertz CT molecular complexity index is 745. The van der Waals surface area contributed by atoms with Crippen molar-refractivity contribution in [2.45, 2.75) is 52.6 Å². The van der Waals surface area contributed by atoms with Gasteiger partial charge in [-0.2, -0.15) is 0 Å². The van der Waals surface area contributed by atoms with Crippen molar-refractivity contribution in [3.05, 3.63) is 70.3 Å². The lowest BCUT2D eigenvalue weighted by Gasteiger charge is -2.20. The van der Waals surface area contributed by atoms with E-state index in [1.54, 1.807) is 0 Å². The Balaban J connectivity index is 1.65. The molecule has 0 spiro atoms. The molecule has 0 radical (unpaired) electrons. The van der Waals surface area contributed by atoms with Gasteiger partial charge in [0.15, 0.2) is 0 Å². The maximum atomic E-state index is 12.7. The fraction of sp³-hybridized carbons (Fsp3) is 0.435. The minimum atomic E-state index is 0.00421. The zero-order chi connectivity index (χ0) is 18.5. The summed E-state index contributed by atoms with van der Waals surface area (Å²) in [7, 11) is 0. The predicted octanol–water partition coefficient (Wildman–Crippen LogP) is 4.78. The Morgan fingerprint density at radius 1 is 1.08 bits per heavy atom. The van der Waals surface area contributed by atoms with Crippen LogP contribution in [0.1, 0.15) is 64.8 Å². The molecule has 0 aliphatic carbocycles. The van der Waals surface area contributed by atoms with Gasteiger partial charge < -0.3 is 5.32 Å². The number of hydrogen-bond donors (Lipinski definition) is 1. The predicted molar refractivity (Wildman–Crippen MR) is 107 cm³/mol. The Labute approximate surface area is 157 Å². The Kier molecular flexibility index (Phi) is 6.10. The van der Waals surface area contributed by atoms with Crippen LogP contribution in [0.25, 0.3) is 0 Å². The summed E-state index contributed by atoms with van der Waals surface area (Å²) in [6, 6.07) is 14.6. The van der Waals surface area contributed by atoms with Crippen LogP contribution in [0.15, 0.2) is 42.5 Å². The summed E-state index contributed by atoms with van der Waals surface area (Å²) in [5, 5.41) is 3.20. The molecule has 1 saturated heterocycles. The molecule has 3 nitrogen and oxygen atoms in total. The van der Waals surface area contributed by atoms with E-state index in [2.05, 4.69) is 61.3 Å². The third kappa shape index (κ3) is 4.53. The maximum absolute atomic E-state index is 12.7. The van der Waals surface area contributed by atoms with E-state index < -0.39 is 0 Å². The monoisotopic (exact) mass is 350 g/mol. The lowest BCUT2D eigenvalue weighted by molar-refractivity contribution is 0.0935. The van der Waals surface area contributed by atoms with Gasteiger partial charge in [-0.3, -0.25) is 9.69 Å². The lowest BCUT2D eigenvalue weighted by atomic mass is 9.97. The largest absolute Gasteiger partial charge is 0.345 e. The topological polar surface area (TPSA) is 32.3 Å². The van der Waals surface area contributed by atoms with Gasteiger partial charge in [-0.1, -0.05) is 42.8 Å². The minimum absolute atomic E-state index is 0.00421. The average molecular weight is 351 g/mol. The summed E-state index contributed by atoms with van der Waals surface area (Å²) < 4.78 is 0. The molecule has 0 unspecified atom stereocenters. The smallest absolute Gasteiger partial charge is 0.251 e. The molecule has 0 aromatic heterocycles. The van der Waals surface area contributed by atoms with Crippen molar-refractivity contribution in [2.24, 2.45) is 0 Å². The van der Waals surface area contributed by atoms with E-state index >= 15 is 0 Å². The number of likely N-dealkylation sites (tertiary alicyclic amines) is 1. The highest BCUT2D eigenvalue weighted by molar-refractivity contribution is 5.94. The number of carbonyl (C=O) groups excluding carboxylic acids is 1. The normalized spacial score (nSPS) is 15.8. The standard InChI is InChI=1S/C23H30N2O/c1-4-22(21-12-7-17(2)15-18(21)3)24-23(26)20-10-8-19(9-11-20)16-25-13-5-6-14-25/h7-12,15,22H,4-6,13-14,16H2,1-3H3,(H,24,26)/t22-/m0/s1. The van der Waals surface area contributed by atoms with Crippen LogP contribution in [-0.4, -0.2) is 23.9 Å². The molecule has 1 amide bonds. The SMILES string of the molecule is CC[C@H](NC(=O)c1ccc(CN2CCCC2)cc1)c1ccc(C)cc1C. The second-order valence-electron chi connectivity index (χ2n) is 7.47. The molecule has 1 aliphatic heterocycles. The molecular formula is C23H30N2O. The number of nitrogens with one attached hydrogen (secondary N) is 1. The maximum Gasteiger partial charge on any atom is 0.251 e. The highest BCUT2D eigenvalue weighted by Gasteiger charge is 2.16. The van der Waals surface area contributed by atoms with Crippen molar-refractivity contribution < 1.29 is 4.79 Å². The number of hydrogen-bond acceptors (Lipinski definition) is 2. The number of amides is 1. The number of aryl methyl sites for hydroxylation is 2. The molecule has 1 heterocycles. The average Bonchev–Trinajstić information content (AvgIpc) is 3.13. The van der Waals surface area contributed by atoms with E-state index in [-0.39, 0.29) is 11.9 Å². The Morgan fingerprint density at radius 2 is 1.77 bits per heavy atom. The van der Waals surface area contributed by atoms with Gasteiger partial charge in [0.05, 0.1) is 6.04 Å². The second-order valence-corrected chi connectivity index (χ2v) is 7.47. The van der Waals surface area contributed by atoms with Gasteiger partial charge in [-0.05, 0) is 75.0 Å². The molecule has 0 bridgehead atoms. The van der Waals surface area contributed by atoms with Crippen LogP contribution in [0.3, 0.4) is 0 Å². The van der Waals surface area contributed by atoms with Gasteiger partial charge in [0, 0.05) is 12.1 Å². The van der Waals surface area contributed by atoms with Crippen molar-refractivity contribution in [1.29, 1.82) is 0 Å². The number of nitrogens with zero attached hydrogens (tertiary/aromatic N) is 1. The van der Waals surface area contributed by atoms with Crippen LogP contribution in [-0.2, 0) is 6.54 Å². The molecule has 1 atom stereocenters. The van der Waals surface area contributed by atoms with Gasteiger partial charge in [0.2, 0.25) is 0 Å². The summed E-state index contributed by atoms with van der Waals surface area (Å²) in [6.07, 6.45) is 3.48. The van der Waals surface area contributed by atoms with E-state index in [0.717, 1.165) is 18.5 Å². The van der Waals surface area contributed by atoms with Crippen LogP contribution in [0.2, 0.25) is 0 Å². The lowest BCUT2D eigenvalue weighted by Crippen LogP contribution is -2.28. The van der Waals surface area contributed by atoms with E-state index in [4.69, 9.17) is 0 Å². The van der Waals surface area contributed by atoms with E-state index in [9.17, 15) is 4.79 Å². The third-order valence-corrected chi connectivity index (χ3v) is 5.34. The van der Waals surface area contributed by atoms with Gasteiger partial charge >= 0.3 is 0 Å². The highest BCUT2D eigenvalue weighted by Crippen LogP contribution is 2.22. The Hall–Kier alpha value is -2.13. The molecule has 26 heavy (non-hydrogen) atoms. The molecular weight excluding hydrogens is 320 g/mol. The van der Waals surface area contributed by atoms with Crippen molar-refractivity contribution in [2.75, 3.05) is 13.1 Å². The molecule has 138 valence electrons. The summed E-state index contributed by atoms with van der Waals surface area (Å²) >= 11 is 0. The van der Waals surface area contributed by atoms with Crippen LogP contribution in [0.4, 0.5) is 0 Å². The van der Waals surface area contributed by atoms with Crippen LogP contribution >= 0.6 is 0 Å². The molecule has 3 heteroatoms.